The Bertz CT molecular complexity index is 900. The fourth-order valence-corrected chi connectivity index (χ4v) is 4.39. The molecule has 3 heterocycles. The van der Waals surface area contributed by atoms with Gasteiger partial charge in [-0.05, 0) is 51.3 Å². The lowest BCUT2D eigenvalue weighted by Crippen LogP contribution is -2.45. The van der Waals surface area contributed by atoms with Gasteiger partial charge in [-0.15, -0.1) is 11.3 Å². The topological polar surface area (TPSA) is 132 Å². The third-order valence-corrected chi connectivity index (χ3v) is 6.40. The first kappa shape index (κ1) is 25.1. The molecule has 3 rings (SSSR count). The van der Waals surface area contributed by atoms with Crippen molar-refractivity contribution in [3.05, 3.63) is 28.7 Å². The molecule has 180 valence electrons. The summed E-state index contributed by atoms with van der Waals surface area (Å²) in [6.07, 6.45) is 5.73. The van der Waals surface area contributed by atoms with Gasteiger partial charge in [0.15, 0.2) is 0 Å². The van der Waals surface area contributed by atoms with Gasteiger partial charge in [0.25, 0.3) is 0 Å². The molecule has 0 unspecified atom stereocenters. The molecular formula is C23H35N7O2S. The number of amidine groups is 1. The molecule has 0 bridgehead atoms. The molecule has 1 amide bonds. The monoisotopic (exact) mass is 473 g/mol. The maximum Gasteiger partial charge on any atom is 0.248 e. The van der Waals surface area contributed by atoms with Crippen LogP contribution in [0.2, 0.25) is 0 Å². The summed E-state index contributed by atoms with van der Waals surface area (Å²) >= 11 is 1.56. The van der Waals surface area contributed by atoms with Crippen LogP contribution < -0.4 is 16.8 Å². The lowest BCUT2D eigenvalue weighted by molar-refractivity contribution is -0.137. The van der Waals surface area contributed by atoms with Crippen LogP contribution in [-0.4, -0.2) is 66.0 Å². The van der Waals surface area contributed by atoms with Crippen LogP contribution in [0.25, 0.3) is 11.3 Å². The predicted molar refractivity (Wildman–Crippen MR) is 133 cm³/mol. The maximum atomic E-state index is 12.2. The largest absolute Gasteiger partial charge is 0.387 e. The van der Waals surface area contributed by atoms with Crippen molar-refractivity contribution in [1.82, 2.24) is 14.9 Å². The van der Waals surface area contributed by atoms with Crippen molar-refractivity contribution in [1.29, 1.82) is 0 Å². The molecule has 0 saturated carbocycles. The van der Waals surface area contributed by atoms with Gasteiger partial charge in [0.1, 0.15) is 17.4 Å². The van der Waals surface area contributed by atoms with Crippen molar-refractivity contribution in [3.63, 3.8) is 0 Å². The SMILES string of the molecule is CCOCC(=O)N1CCC[C@H](C(N)=NCc2nc(-c3ccc(NCCCCN)nc3)cs2)C1. The number of thiazole rings is 1. The number of hydrogen-bond donors (Lipinski definition) is 3. The highest BCUT2D eigenvalue weighted by Gasteiger charge is 2.25. The molecule has 2 aromatic rings. The average Bonchev–Trinajstić information content (AvgIpc) is 3.33. The molecule has 10 heteroatoms. The second kappa shape index (κ2) is 13.2. The molecule has 9 nitrogen and oxygen atoms in total. The Morgan fingerprint density at radius 1 is 1.39 bits per heavy atom. The number of carbonyl (C=O) groups is 1. The number of pyridine rings is 1. The van der Waals surface area contributed by atoms with E-state index >= 15 is 0 Å². The molecule has 1 aliphatic rings. The van der Waals surface area contributed by atoms with E-state index in [2.05, 4.69) is 15.3 Å². The molecule has 1 saturated heterocycles. The zero-order chi connectivity index (χ0) is 23.5. The van der Waals surface area contributed by atoms with E-state index in [1.807, 2.05) is 35.5 Å². The van der Waals surface area contributed by atoms with Crippen molar-refractivity contribution in [2.75, 3.05) is 44.7 Å². The van der Waals surface area contributed by atoms with Gasteiger partial charge in [0.2, 0.25) is 5.91 Å². The first-order valence-electron chi connectivity index (χ1n) is 11.6. The first-order valence-corrected chi connectivity index (χ1v) is 12.5. The number of hydrogen-bond acceptors (Lipinski definition) is 8. The van der Waals surface area contributed by atoms with Gasteiger partial charge < -0.3 is 26.4 Å². The molecule has 0 spiro atoms. The van der Waals surface area contributed by atoms with Crippen LogP contribution in [0.3, 0.4) is 0 Å². The molecule has 33 heavy (non-hydrogen) atoms. The highest BCUT2D eigenvalue weighted by molar-refractivity contribution is 7.09. The second-order valence-corrected chi connectivity index (χ2v) is 8.98. The van der Waals surface area contributed by atoms with Gasteiger partial charge >= 0.3 is 0 Å². The van der Waals surface area contributed by atoms with Crippen molar-refractivity contribution in [2.24, 2.45) is 22.4 Å². The van der Waals surface area contributed by atoms with E-state index in [1.165, 1.54) is 0 Å². The molecular weight excluding hydrogens is 438 g/mol. The number of carbonyl (C=O) groups excluding carboxylic acids is 1. The van der Waals surface area contributed by atoms with E-state index in [-0.39, 0.29) is 18.4 Å². The number of nitrogens with two attached hydrogens (primary N) is 2. The van der Waals surface area contributed by atoms with Crippen molar-refractivity contribution in [2.45, 2.75) is 39.2 Å². The van der Waals surface area contributed by atoms with E-state index in [9.17, 15) is 4.79 Å². The van der Waals surface area contributed by atoms with Crippen LogP contribution in [0, 0.1) is 5.92 Å². The highest BCUT2D eigenvalue weighted by Crippen LogP contribution is 2.23. The minimum absolute atomic E-state index is 0.0179. The lowest BCUT2D eigenvalue weighted by atomic mass is 9.97. The van der Waals surface area contributed by atoms with E-state index in [1.54, 1.807) is 11.3 Å². The number of amides is 1. The van der Waals surface area contributed by atoms with Crippen LogP contribution in [-0.2, 0) is 16.1 Å². The van der Waals surface area contributed by atoms with Crippen LogP contribution in [0.1, 0.15) is 37.6 Å². The lowest BCUT2D eigenvalue weighted by Gasteiger charge is -2.32. The van der Waals surface area contributed by atoms with E-state index in [0.717, 1.165) is 60.9 Å². The van der Waals surface area contributed by atoms with Crippen LogP contribution in [0.15, 0.2) is 28.7 Å². The zero-order valence-electron chi connectivity index (χ0n) is 19.3. The van der Waals surface area contributed by atoms with Crippen LogP contribution in [0.4, 0.5) is 5.82 Å². The second-order valence-electron chi connectivity index (χ2n) is 8.04. The van der Waals surface area contributed by atoms with Crippen molar-refractivity contribution < 1.29 is 9.53 Å². The number of aliphatic imine (C=N–C) groups is 1. The number of nitrogens with one attached hydrogen (secondary N) is 1. The number of unbranched alkanes of at least 4 members (excludes halogenated alkanes) is 1. The van der Waals surface area contributed by atoms with Gasteiger partial charge in [-0.1, -0.05) is 0 Å². The molecule has 1 atom stereocenters. The van der Waals surface area contributed by atoms with Gasteiger partial charge in [-0.2, -0.15) is 0 Å². The quantitative estimate of drug-likeness (QED) is 0.245. The Kier molecular flexibility index (Phi) is 10.0. The predicted octanol–water partition coefficient (Wildman–Crippen LogP) is 2.49. The number of anilines is 1. The number of aromatic nitrogens is 2. The third-order valence-electron chi connectivity index (χ3n) is 5.57. The fraction of sp³-hybridized carbons (Fsp3) is 0.565. The molecule has 1 fully saturated rings. The Hall–Kier alpha value is -2.56. The number of piperidine rings is 1. The summed E-state index contributed by atoms with van der Waals surface area (Å²) in [6.45, 7) is 5.91. The standard InChI is InChI=1S/C23H35N7O2S/c1-2-32-15-22(31)30-11-5-6-18(14-30)23(25)28-13-21-29-19(16-33-21)17-7-8-20(27-12-17)26-10-4-3-9-24/h7-8,12,16,18H,2-6,9-11,13-15,24H2,1H3,(H2,25,28)(H,26,27)/t18-/m0/s1. The van der Waals surface area contributed by atoms with E-state index in [4.69, 9.17) is 21.2 Å². The number of ether oxygens (including phenoxy) is 1. The summed E-state index contributed by atoms with van der Waals surface area (Å²) in [7, 11) is 0. The average molecular weight is 474 g/mol. The first-order chi connectivity index (χ1) is 16.1. The van der Waals surface area contributed by atoms with E-state index < -0.39 is 0 Å². The van der Waals surface area contributed by atoms with Gasteiger partial charge in [-0.25, -0.2) is 9.97 Å². The van der Waals surface area contributed by atoms with Gasteiger partial charge in [-0.3, -0.25) is 9.79 Å². The molecule has 0 aromatic carbocycles. The third kappa shape index (κ3) is 7.76. The Morgan fingerprint density at radius 3 is 3.03 bits per heavy atom. The number of rotatable bonds is 12. The minimum Gasteiger partial charge on any atom is -0.387 e. The van der Waals surface area contributed by atoms with Crippen LogP contribution in [0.5, 0.6) is 0 Å². The number of likely N-dealkylation sites (tertiary alicyclic amines) is 1. The highest BCUT2D eigenvalue weighted by atomic mass is 32.1. The molecule has 0 radical (unpaired) electrons. The molecule has 0 aliphatic carbocycles. The summed E-state index contributed by atoms with van der Waals surface area (Å²) in [6, 6.07) is 3.99. The van der Waals surface area contributed by atoms with Gasteiger partial charge in [0.05, 0.1) is 18.1 Å². The van der Waals surface area contributed by atoms with E-state index in [0.29, 0.717) is 32.1 Å². The summed E-state index contributed by atoms with van der Waals surface area (Å²) in [5, 5.41) is 6.21. The van der Waals surface area contributed by atoms with Crippen molar-refractivity contribution in [3.8, 4) is 11.3 Å². The maximum absolute atomic E-state index is 12.2. The molecule has 2 aromatic heterocycles. The normalized spacial score (nSPS) is 16.7. The minimum atomic E-state index is 0.0179. The Morgan fingerprint density at radius 2 is 2.27 bits per heavy atom. The molecule has 5 N–H and O–H groups in total. The summed E-state index contributed by atoms with van der Waals surface area (Å²) in [4.78, 5) is 27.8. The summed E-state index contributed by atoms with van der Waals surface area (Å²) in [5.74, 6) is 1.54. The summed E-state index contributed by atoms with van der Waals surface area (Å²) < 4.78 is 5.25. The Balaban J connectivity index is 1.52. The van der Waals surface area contributed by atoms with Crippen molar-refractivity contribution >= 4 is 28.9 Å². The number of nitrogens with zero attached hydrogens (tertiary/aromatic N) is 4. The molecule has 1 aliphatic heterocycles. The Labute approximate surface area is 199 Å². The smallest absolute Gasteiger partial charge is 0.248 e. The zero-order valence-corrected chi connectivity index (χ0v) is 20.1. The van der Waals surface area contributed by atoms with Crippen LogP contribution >= 0.6 is 11.3 Å². The summed E-state index contributed by atoms with van der Waals surface area (Å²) in [5.41, 5.74) is 13.7. The fourth-order valence-electron chi connectivity index (χ4n) is 3.67. The van der Waals surface area contributed by atoms with Gasteiger partial charge in [0, 0.05) is 49.3 Å².